The van der Waals surface area contributed by atoms with E-state index in [9.17, 15) is 0 Å². The minimum atomic E-state index is 0.406. The second-order valence-electron chi connectivity index (χ2n) is 8.08. The van der Waals surface area contributed by atoms with Crippen LogP contribution in [0.15, 0.2) is 29.3 Å². The first kappa shape index (κ1) is 18.6. The van der Waals surface area contributed by atoms with Crippen molar-refractivity contribution < 1.29 is 4.74 Å². The van der Waals surface area contributed by atoms with E-state index in [1.807, 2.05) is 0 Å². The molecule has 0 aromatic heterocycles. The third-order valence-electron chi connectivity index (χ3n) is 6.17. The van der Waals surface area contributed by atoms with Gasteiger partial charge >= 0.3 is 0 Å². The molecule has 1 atom stereocenters. The van der Waals surface area contributed by atoms with Crippen LogP contribution in [0.3, 0.4) is 0 Å². The molecule has 3 fully saturated rings. The number of aliphatic imine (C=N–C) groups is 1. The molecule has 1 aromatic rings. The largest absolute Gasteiger partial charge is 0.490 e. The molecule has 0 amide bonds. The lowest BCUT2D eigenvalue weighted by Gasteiger charge is -2.27. The summed E-state index contributed by atoms with van der Waals surface area (Å²) < 4.78 is 6.17. The van der Waals surface area contributed by atoms with Crippen LogP contribution in [-0.4, -0.2) is 60.6 Å². The molecule has 2 saturated heterocycles. The molecule has 3 aliphatic rings. The second kappa shape index (κ2) is 8.96. The Bertz CT molecular complexity index is 637. The molecule has 0 spiro atoms. The Labute approximate surface area is 163 Å². The number of nitrogens with one attached hydrogen (secondary N) is 1. The Morgan fingerprint density at radius 1 is 1.11 bits per heavy atom. The molecule has 2 aliphatic heterocycles. The summed E-state index contributed by atoms with van der Waals surface area (Å²) in [6.07, 6.45) is 8.06. The van der Waals surface area contributed by atoms with Crippen LogP contribution in [0.2, 0.25) is 0 Å². The second-order valence-corrected chi connectivity index (χ2v) is 8.08. The predicted molar refractivity (Wildman–Crippen MR) is 110 cm³/mol. The summed E-state index contributed by atoms with van der Waals surface area (Å²) in [5, 5.41) is 3.51. The normalized spacial score (nSPS) is 24.3. The van der Waals surface area contributed by atoms with Gasteiger partial charge in [0.15, 0.2) is 5.96 Å². The summed E-state index contributed by atoms with van der Waals surface area (Å²) >= 11 is 0. The Hall–Kier alpha value is -1.75. The summed E-state index contributed by atoms with van der Waals surface area (Å²) in [5.41, 5.74) is 1.19. The Kier molecular flexibility index (Phi) is 6.17. The van der Waals surface area contributed by atoms with E-state index in [0.29, 0.717) is 18.7 Å². The van der Waals surface area contributed by atoms with Crippen molar-refractivity contribution in [1.29, 1.82) is 0 Å². The monoisotopic (exact) mass is 370 g/mol. The fourth-order valence-corrected chi connectivity index (χ4v) is 4.34. The van der Waals surface area contributed by atoms with Gasteiger partial charge in [0.2, 0.25) is 0 Å². The zero-order valence-electron chi connectivity index (χ0n) is 16.7. The number of benzene rings is 1. The van der Waals surface area contributed by atoms with E-state index in [4.69, 9.17) is 9.73 Å². The summed E-state index contributed by atoms with van der Waals surface area (Å²) in [6.45, 7) is 8.49. The zero-order chi connectivity index (χ0) is 18.5. The van der Waals surface area contributed by atoms with Gasteiger partial charge in [-0.15, -0.1) is 0 Å². The van der Waals surface area contributed by atoms with Crippen LogP contribution in [-0.2, 0) is 6.54 Å². The number of para-hydroxylation sites is 1. The summed E-state index contributed by atoms with van der Waals surface area (Å²) in [5.74, 6) is 2.07. The standard InChI is InChI=1S/C22H34N4O/c1-2-23-22(26-15-12-19(17-26)25-13-5-6-14-25)24-16-18-8-3-4-11-21(18)27-20-9-7-10-20/h3-4,8,11,19-20H,2,5-7,9-10,12-17H2,1H3,(H,23,24). The van der Waals surface area contributed by atoms with Gasteiger partial charge in [-0.1, -0.05) is 18.2 Å². The molecule has 148 valence electrons. The molecule has 1 N–H and O–H groups in total. The predicted octanol–water partition coefficient (Wildman–Crippen LogP) is 3.25. The van der Waals surface area contributed by atoms with E-state index in [2.05, 4.69) is 46.3 Å². The van der Waals surface area contributed by atoms with Crippen molar-refractivity contribution in [2.75, 3.05) is 32.7 Å². The molecule has 5 nitrogen and oxygen atoms in total. The molecule has 1 saturated carbocycles. The van der Waals surface area contributed by atoms with Gasteiger partial charge in [-0.05, 0) is 64.6 Å². The highest BCUT2D eigenvalue weighted by Crippen LogP contribution is 2.28. The van der Waals surface area contributed by atoms with Crippen LogP contribution in [0.1, 0.15) is 51.0 Å². The summed E-state index contributed by atoms with van der Waals surface area (Å²) in [7, 11) is 0. The lowest BCUT2D eigenvalue weighted by atomic mass is 9.96. The maximum absolute atomic E-state index is 6.17. The average Bonchev–Trinajstić information content (AvgIpc) is 3.34. The van der Waals surface area contributed by atoms with Crippen LogP contribution >= 0.6 is 0 Å². The quantitative estimate of drug-likeness (QED) is 0.616. The van der Waals surface area contributed by atoms with Gasteiger partial charge < -0.3 is 15.0 Å². The maximum atomic E-state index is 6.17. The topological polar surface area (TPSA) is 40.1 Å². The van der Waals surface area contributed by atoms with Gasteiger partial charge in [0.25, 0.3) is 0 Å². The molecule has 1 aromatic carbocycles. The smallest absolute Gasteiger partial charge is 0.194 e. The number of nitrogens with zero attached hydrogens (tertiary/aromatic N) is 3. The van der Waals surface area contributed by atoms with E-state index < -0.39 is 0 Å². The van der Waals surface area contributed by atoms with E-state index in [-0.39, 0.29) is 0 Å². The van der Waals surface area contributed by atoms with E-state index >= 15 is 0 Å². The molecule has 4 rings (SSSR count). The molecule has 27 heavy (non-hydrogen) atoms. The highest BCUT2D eigenvalue weighted by molar-refractivity contribution is 5.80. The van der Waals surface area contributed by atoms with Gasteiger partial charge in [-0.25, -0.2) is 4.99 Å². The number of guanidine groups is 1. The number of hydrogen-bond donors (Lipinski definition) is 1. The van der Waals surface area contributed by atoms with Crippen molar-refractivity contribution in [2.45, 2.75) is 64.1 Å². The van der Waals surface area contributed by atoms with E-state index in [0.717, 1.165) is 31.3 Å². The van der Waals surface area contributed by atoms with Crippen molar-refractivity contribution in [3.63, 3.8) is 0 Å². The number of hydrogen-bond acceptors (Lipinski definition) is 3. The average molecular weight is 371 g/mol. The maximum Gasteiger partial charge on any atom is 0.194 e. The molecule has 0 radical (unpaired) electrons. The van der Waals surface area contributed by atoms with E-state index in [1.165, 1.54) is 57.2 Å². The van der Waals surface area contributed by atoms with Crippen molar-refractivity contribution in [2.24, 2.45) is 4.99 Å². The molecule has 1 aliphatic carbocycles. The molecule has 0 bridgehead atoms. The fourth-order valence-electron chi connectivity index (χ4n) is 4.34. The molecular formula is C22H34N4O. The Balaban J connectivity index is 1.41. The van der Waals surface area contributed by atoms with Gasteiger partial charge in [0, 0.05) is 31.2 Å². The van der Waals surface area contributed by atoms with Gasteiger partial charge in [0.05, 0.1) is 12.6 Å². The lowest BCUT2D eigenvalue weighted by molar-refractivity contribution is 0.119. The van der Waals surface area contributed by atoms with Crippen molar-refractivity contribution >= 4 is 5.96 Å². The third kappa shape index (κ3) is 4.57. The number of ether oxygens (including phenoxy) is 1. The Morgan fingerprint density at radius 2 is 1.93 bits per heavy atom. The van der Waals surface area contributed by atoms with Crippen LogP contribution in [0.25, 0.3) is 0 Å². The first-order chi connectivity index (χ1) is 13.3. The highest BCUT2D eigenvalue weighted by Gasteiger charge is 2.30. The first-order valence-corrected chi connectivity index (χ1v) is 10.9. The third-order valence-corrected chi connectivity index (χ3v) is 6.17. The molecule has 5 heteroatoms. The molecular weight excluding hydrogens is 336 g/mol. The first-order valence-electron chi connectivity index (χ1n) is 10.9. The van der Waals surface area contributed by atoms with E-state index in [1.54, 1.807) is 0 Å². The van der Waals surface area contributed by atoms with Gasteiger partial charge in [-0.3, -0.25) is 4.90 Å². The minimum absolute atomic E-state index is 0.406. The minimum Gasteiger partial charge on any atom is -0.490 e. The Morgan fingerprint density at radius 3 is 2.67 bits per heavy atom. The van der Waals surface area contributed by atoms with Gasteiger partial charge in [-0.2, -0.15) is 0 Å². The SMILES string of the molecule is CCNC(=NCc1ccccc1OC1CCC1)N1CCC(N2CCCC2)C1. The van der Waals surface area contributed by atoms with Crippen LogP contribution in [0, 0.1) is 0 Å². The molecule has 2 heterocycles. The van der Waals surface area contributed by atoms with Crippen LogP contribution in [0.4, 0.5) is 0 Å². The molecule has 1 unspecified atom stereocenters. The van der Waals surface area contributed by atoms with Crippen molar-refractivity contribution in [3.05, 3.63) is 29.8 Å². The summed E-state index contributed by atoms with van der Waals surface area (Å²) in [4.78, 5) is 10.1. The zero-order valence-corrected chi connectivity index (χ0v) is 16.7. The number of likely N-dealkylation sites (tertiary alicyclic amines) is 2. The van der Waals surface area contributed by atoms with Crippen molar-refractivity contribution in [1.82, 2.24) is 15.1 Å². The van der Waals surface area contributed by atoms with Crippen LogP contribution < -0.4 is 10.1 Å². The highest BCUT2D eigenvalue weighted by atomic mass is 16.5. The fraction of sp³-hybridized carbons (Fsp3) is 0.682. The van der Waals surface area contributed by atoms with Crippen LogP contribution in [0.5, 0.6) is 5.75 Å². The van der Waals surface area contributed by atoms with Crippen molar-refractivity contribution in [3.8, 4) is 5.75 Å². The summed E-state index contributed by atoms with van der Waals surface area (Å²) in [6, 6.07) is 9.09. The number of rotatable bonds is 6. The van der Waals surface area contributed by atoms with Gasteiger partial charge in [0.1, 0.15) is 5.75 Å². The lowest BCUT2D eigenvalue weighted by Crippen LogP contribution is -2.42.